The molecule has 3 aliphatic rings. The van der Waals surface area contributed by atoms with Crippen molar-refractivity contribution in [1.82, 2.24) is 24.7 Å². The molecule has 1 aliphatic carbocycles. The third kappa shape index (κ3) is 8.01. The highest BCUT2D eigenvalue weighted by atomic mass is 32.2. The summed E-state index contributed by atoms with van der Waals surface area (Å²) in [6.45, 7) is 5.78. The van der Waals surface area contributed by atoms with Crippen LogP contribution in [0, 0.1) is 5.92 Å². The molecule has 2 aromatic carbocycles. The normalized spacial score (nSPS) is 22.4. The first kappa shape index (κ1) is 37.0. The van der Waals surface area contributed by atoms with E-state index in [1.165, 1.54) is 23.2 Å². The van der Waals surface area contributed by atoms with Crippen LogP contribution < -0.4 is 10.0 Å². The summed E-state index contributed by atoms with van der Waals surface area (Å²) in [6.07, 6.45) is 1.73. The number of carbonyl (C=O) groups is 2. The van der Waals surface area contributed by atoms with Crippen molar-refractivity contribution in [3.05, 3.63) is 59.8 Å². The largest absolute Gasteiger partial charge is 0.444 e. The summed E-state index contributed by atoms with van der Waals surface area (Å²) in [5.41, 5.74) is -2.23. The molecule has 3 heterocycles. The van der Waals surface area contributed by atoms with Gasteiger partial charge in [-0.15, -0.1) is 0 Å². The van der Waals surface area contributed by atoms with E-state index in [2.05, 4.69) is 10.4 Å². The highest BCUT2D eigenvalue weighted by Crippen LogP contribution is 2.41. The molecule has 3 atom stereocenters. The zero-order valence-electron chi connectivity index (χ0n) is 28.6. The zero-order valence-corrected chi connectivity index (χ0v) is 29.4. The summed E-state index contributed by atoms with van der Waals surface area (Å²) < 4.78 is 110. The molecular weight excluding hydrogens is 697 g/mol. The minimum Gasteiger partial charge on any atom is -0.444 e. The number of fused-ring (bicyclic) bond motifs is 3. The van der Waals surface area contributed by atoms with Crippen LogP contribution >= 0.6 is 0 Å². The van der Waals surface area contributed by atoms with Crippen molar-refractivity contribution in [1.29, 1.82) is 0 Å². The van der Waals surface area contributed by atoms with E-state index in [0.29, 0.717) is 60.5 Å². The van der Waals surface area contributed by atoms with Crippen molar-refractivity contribution in [2.45, 2.75) is 125 Å². The molecule has 2 N–H and O–H groups in total. The van der Waals surface area contributed by atoms with Gasteiger partial charge >= 0.3 is 12.3 Å². The van der Waals surface area contributed by atoms with Gasteiger partial charge in [0.1, 0.15) is 5.60 Å². The van der Waals surface area contributed by atoms with Gasteiger partial charge in [-0.25, -0.2) is 13.2 Å². The van der Waals surface area contributed by atoms with E-state index >= 15 is 8.78 Å². The second-order valence-corrected chi connectivity index (χ2v) is 16.6. The summed E-state index contributed by atoms with van der Waals surface area (Å²) in [4.78, 5) is 27.5. The van der Waals surface area contributed by atoms with Gasteiger partial charge in [0.05, 0.1) is 22.2 Å². The van der Waals surface area contributed by atoms with Crippen molar-refractivity contribution < 1.29 is 44.7 Å². The first-order chi connectivity index (χ1) is 23.8. The molecule has 10 nitrogen and oxygen atoms in total. The van der Waals surface area contributed by atoms with Gasteiger partial charge in [-0.1, -0.05) is 25.0 Å². The topological polar surface area (TPSA) is 123 Å². The molecule has 3 aromatic rings. The highest BCUT2D eigenvalue weighted by Gasteiger charge is 2.54. The highest BCUT2D eigenvalue weighted by molar-refractivity contribution is 7.89. The van der Waals surface area contributed by atoms with Gasteiger partial charge in [0.15, 0.2) is 6.04 Å². The Balaban J connectivity index is 1.29. The van der Waals surface area contributed by atoms with E-state index in [4.69, 9.17) is 4.74 Å². The number of nitrogens with zero attached hydrogens (tertiary/aromatic N) is 3. The fourth-order valence-corrected chi connectivity index (χ4v) is 8.87. The number of hydrogen-bond donors (Lipinski definition) is 2. The number of nitrogens with one attached hydrogen (secondary N) is 2. The van der Waals surface area contributed by atoms with Crippen molar-refractivity contribution in [2.75, 3.05) is 0 Å². The van der Waals surface area contributed by atoms with E-state index in [9.17, 15) is 31.2 Å². The van der Waals surface area contributed by atoms with Gasteiger partial charge in [0.2, 0.25) is 15.9 Å². The van der Waals surface area contributed by atoms with Crippen molar-refractivity contribution in [3.8, 4) is 0 Å². The van der Waals surface area contributed by atoms with Crippen molar-refractivity contribution in [2.24, 2.45) is 5.92 Å². The maximum Gasteiger partial charge on any atom is 0.416 e. The van der Waals surface area contributed by atoms with Crippen LogP contribution in [0.4, 0.5) is 26.7 Å². The maximum atomic E-state index is 16.5. The van der Waals surface area contributed by atoms with E-state index < -0.39 is 75.0 Å². The molecule has 2 bridgehead atoms. The van der Waals surface area contributed by atoms with Crippen LogP contribution in [-0.2, 0) is 38.2 Å². The summed E-state index contributed by atoms with van der Waals surface area (Å²) in [6, 6.07) is 1.80. The van der Waals surface area contributed by atoms with E-state index in [-0.39, 0.29) is 17.7 Å². The molecule has 2 amide bonds. The molecule has 2 aliphatic heterocycles. The molecule has 0 radical (unpaired) electrons. The van der Waals surface area contributed by atoms with Gasteiger partial charge in [-0.2, -0.15) is 31.8 Å². The van der Waals surface area contributed by atoms with Crippen LogP contribution in [0.1, 0.15) is 83.3 Å². The third-order valence-electron chi connectivity index (χ3n) is 10.0. The Morgan fingerprint density at radius 3 is 2.12 bits per heavy atom. The zero-order chi connectivity index (χ0) is 36.9. The summed E-state index contributed by atoms with van der Waals surface area (Å²) in [5.74, 6) is -5.03. The lowest BCUT2D eigenvalue weighted by Gasteiger charge is -2.42. The lowest BCUT2D eigenvalue weighted by atomic mass is 9.94. The number of alkyl halides is 5. The number of piperidine rings is 1. The fourth-order valence-electron chi connectivity index (χ4n) is 7.64. The van der Waals surface area contributed by atoms with Crippen LogP contribution in [0.5, 0.6) is 0 Å². The number of rotatable bonds is 9. The minimum absolute atomic E-state index is 0.217. The van der Waals surface area contributed by atoms with Gasteiger partial charge < -0.3 is 15.0 Å². The number of sulfonamides is 1. The van der Waals surface area contributed by atoms with Crippen LogP contribution in [0.2, 0.25) is 0 Å². The molecule has 3 unspecified atom stereocenters. The molecular formula is C35H42F5N5O5S. The molecule has 16 heteroatoms. The van der Waals surface area contributed by atoms with Gasteiger partial charge in [-0.3, -0.25) is 9.48 Å². The Labute approximate surface area is 293 Å². The average molecular weight is 740 g/mol. The number of carbonyl (C=O) groups excluding carboxylic acids is 2. The molecule has 2 saturated heterocycles. The van der Waals surface area contributed by atoms with Gasteiger partial charge in [-0.05, 0) is 95.5 Å². The average Bonchev–Trinajstić information content (AvgIpc) is 3.76. The number of hydrogen-bond acceptors (Lipinski definition) is 6. The molecule has 0 spiro atoms. The lowest BCUT2D eigenvalue weighted by molar-refractivity contribution is -0.149. The smallest absolute Gasteiger partial charge is 0.416 e. The van der Waals surface area contributed by atoms with Crippen LogP contribution in [0.25, 0.3) is 10.9 Å². The Morgan fingerprint density at radius 1 is 0.922 bits per heavy atom. The van der Waals surface area contributed by atoms with Crippen LogP contribution in [-0.4, -0.2) is 64.9 Å². The third-order valence-corrected chi connectivity index (χ3v) is 11.4. The maximum absolute atomic E-state index is 16.5. The van der Waals surface area contributed by atoms with E-state index in [0.717, 1.165) is 25.7 Å². The SMILES string of the molecule is CC(C)(C)OC(=O)NC1CC2CCC(C1)N2C(=O)C(NS(=O)(=O)c1ccc2c(cnn2CC2CCCC2)c1)C(F)(F)c1ccc(C(F)(F)F)cc1. The first-order valence-electron chi connectivity index (χ1n) is 17.2. The number of ether oxygens (including phenoxy) is 1. The lowest BCUT2D eigenvalue weighted by Crippen LogP contribution is -2.61. The monoisotopic (exact) mass is 739 g/mol. The number of alkyl carbamates (subject to hydrolysis) is 1. The summed E-state index contributed by atoms with van der Waals surface area (Å²) in [5, 5.41) is 7.65. The molecule has 1 saturated carbocycles. The Hall–Kier alpha value is -3.79. The van der Waals surface area contributed by atoms with E-state index in [1.807, 2.05) is 4.72 Å². The molecule has 1 aromatic heterocycles. The number of amides is 2. The molecule has 6 rings (SSSR count). The minimum atomic E-state index is -4.80. The van der Waals surface area contributed by atoms with Crippen LogP contribution in [0.15, 0.2) is 53.6 Å². The summed E-state index contributed by atoms with van der Waals surface area (Å²) in [7, 11) is -4.80. The van der Waals surface area contributed by atoms with Crippen molar-refractivity contribution in [3.63, 3.8) is 0 Å². The Morgan fingerprint density at radius 2 is 1.53 bits per heavy atom. The quantitative estimate of drug-likeness (QED) is 0.235. The second-order valence-electron chi connectivity index (χ2n) is 14.9. The number of aromatic nitrogens is 2. The first-order valence-corrected chi connectivity index (χ1v) is 18.7. The predicted molar refractivity (Wildman–Crippen MR) is 177 cm³/mol. The van der Waals surface area contributed by atoms with Gasteiger partial charge in [0, 0.05) is 35.6 Å². The number of halogens is 5. The Bertz CT molecular complexity index is 1860. The fraction of sp³-hybridized carbons (Fsp3) is 0.571. The van der Waals surface area contributed by atoms with Crippen LogP contribution in [0.3, 0.4) is 0 Å². The number of benzene rings is 2. The van der Waals surface area contributed by atoms with Gasteiger partial charge in [0.25, 0.3) is 5.92 Å². The van der Waals surface area contributed by atoms with Crippen molar-refractivity contribution >= 4 is 32.9 Å². The van der Waals surface area contributed by atoms with E-state index in [1.54, 1.807) is 31.5 Å². The molecule has 3 fully saturated rings. The predicted octanol–water partition coefficient (Wildman–Crippen LogP) is 6.73. The Kier molecular flexibility index (Phi) is 9.89. The second kappa shape index (κ2) is 13.6. The molecule has 51 heavy (non-hydrogen) atoms. The molecule has 278 valence electrons. The summed E-state index contributed by atoms with van der Waals surface area (Å²) >= 11 is 0. The standard InChI is InChI=1S/C35H42F5N5O5S/c1-33(2,3)50-32(47)42-25-17-26-12-13-27(18-25)45(26)31(46)30(34(36,37)23-8-10-24(11-9-23)35(38,39)40)43-51(48,49)28-14-15-29-22(16-28)19-41-44(29)20-21-6-4-5-7-21/h8-11,14-16,19,21,25-27,30,43H,4-7,12-13,17-18,20H2,1-3H3,(H,42,47).